The van der Waals surface area contributed by atoms with E-state index in [0.29, 0.717) is 0 Å². The number of hydrogen-bond acceptors (Lipinski definition) is 5. The van der Waals surface area contributed by atoms with Crippen molar-refractivity contribution < 1.29 is 34.1 Å². The predicted octanol–water partition coefficient (Wildman–Crippen LogP) is 2.39. The highest BCUT2D eigenvalue weighted by atomic mass is 16.6. The van der Waals surface area contributed by atoms with Gasteiger partial charge in [0, 0.05) is 0 Å². The molecule has 0 aliphatic carbocycles. The third-order valence-corrected chi connectivity index (χ3v) is 3.19. The van der Waals surface area contributed by atoms with E-state index in [4.69, 9.17) is 10.2 Å². The van der Waals surface area contributed by atoms with Crippen LogP contribution in [0.1, 0.15) is 47.0 Å². The van der Waals surface area contributed by atoms with Crippen molar-refractivity contribution in [1.82, 2.24) is 0 Å². The number of aromatic carboxylic acids is 2. The fraction of sp³-hybridized carbons (Fsp3) is 0.0588. The number of carbonyl (C=O) groups is 4. The van der Waals surface area contributed by atoms with Crippen LogP contribution in [-0.2, 0) is 4.74 Å². The summed E-state index contributed by atoms with van der Waals surface area (Å²) in [5.41, 5.74) is -0.190. The Morgan fingerprint density at radius 1 is 0.750 bits per heavy atom. The van der Waals surface area contributed by atoms with E-state index in [0.717, 1.165) is 23.8 Å². The molecule has 0 amide bonds. The molecule has 0 atom stereocenters. The lowest BCUT2D eigenvalue weighted by Crippen LogP contribution is -2.15. The van der Waals surface area contributed by atoms with Crippen LogP contribution in [0.25, 0.3) is 0 Å². The molecule has 0 aliphatic heterocycles. The summed E-state index contributed by atoms with van der Waals surface area (Å²) in [5, 5.41) is 18.0. The lowest BCUT2D eigenvalue weighted by atomic mass is 10.0. The Labute approximate surface area is 136 Å². The predicted molar refractivity (Wildman–Crippen MR) is 81.3 cm³/mol. The molecule has 0 bridgehead atoms. The Morgan fingerprint density at radius 2 is 1.25 bits per heavy atom. The van der Waals surface area contributed by atoms with Gasteiger partial charge in [-0.3, -0.25) is 0 Å². The summed E-state index contributed by atoms with van der Waals surface area (Å²) in [6.07, 6.45) is 0. The van der Waals surface area contributed by atoms with E-state index in [2.05, 4.69) is 4.74 Å². The monoisotopic (exact) mass is 328 g/mol. The van der Waals surface area contributed by atoms with Gasteiger partial charge in [-0.1, -0.05) is 17.7 Å². The molecule has 0 saturated heterocycles. The summed E-state index contributed by atoms with van der Waals surface area (Å²) in [5.74, 6) is -4.91. The molecule has 2 aromatic rings. The fourth-order valence-corrected chi connectivity index (χ4v) is 1.93. The Balaban J connectivity index is 2.25. The summed E-state index contributed by atoms with van der Waals surface area (Å²) in [7, 11) is 0. The van der Waals surface area contributed by atoms with E-state index in [1.54, 1.807) is 12.1 Å². The van der Waals surface area contributed by atoms with Crippen LogP contribution in [0.5, 0.6) is 0 Å². The molecule has 0 aliphatic rings. The summed E-state index contributed by atoms with van der Waals surface area (Å²) in [6.45, 7) is 1.83. The van der Waals surface area contributed by atoms with Crippen molar-refractivity contribution in [2.24, 2.45) is 0 Å². The quantitative estimate of drug-likeness (QED) is 0.653. The van der Waals surface area contributed by atoms with Gasteiger partial charge in [-0.05, 0) is 37.3 Å². The van der Waals surface area contributed by atoms with E-state index in [9.17, 15) is 19.2 Å². The van der Waals surface area contributed by atoms with Crippen LogP contribution < -0.4 is 0 Å². The van der Waals surface area contributed by atoms with Gasteiger partial charge in [0.25, 0.3) is 0 Å². The minimum absolute atomic E-state index is 0.162. The van der Waals surface area contributed by atoms with Crippen molar-refractivity contribution in [2.45, 2.75) is 6.92 Å². The van der Waals surface area contributed by atoms with Crippen molar-refractivity contribution in [3.63, 3.8) is 0 Å². The number of carboxylic acid groups (broad SMARTS) is 2. The van der Waals surface area contributed by atoms with Gasteiger partial charge in [0.05, 0.1) is 22.3 Å². The average Bonchev–Trinajstić information content (AvgIpc) is 2.54. The number of benzene rings is 2. The van der Waals surface area contributed by atoms with Crippen molar-refractivity contribution in [3.05, 3.63) is 70.3 Å². The summed E-state index contributed by atoms with van der Waals surface area (Å²) >= 11 is 0. The first-order valence-electron chi connectivity index (χ1n) is 6.73. The SMILES string of the molecule is Cc1ccc(C(=O)OC(=O)c2ccc(C(=O)O)c(C(=O)O)c2)cc1. The maximum absolute atomic E-state index is 12.0. The van der Waals surface area contributed by atoms with E-state index in [1.165, 1.54) is 12.1 Å². The topological polar surface area (TPSA) is 118 Å². The molecule has 24 heavy (non-hydrogen) atoms. The van der Waals surface area contributed by atoms with Crippen LogP contribution in [0.4, 0.5) is 0 Å². The first-order valence-corrected chi connectivity index (χ1v) is 6.73. The van der Waals surface area contributed by atoms with Crippen LogP contribution in [0.2, 0.25) is 0 Å². The molecule has 0 saturated carbocycles. The third-order valence-electron chi connectivity index (χ3n) is 3.19. The first-order chi connectivity index (χ1) is 11.3. The Hall–Kier alpha value is -3.48. The molecule has 0 heterocycles. The maximum Gasteiger partial charge on any atom is 0.346 e. The Bertz CT molecular complexity index is 835. The highest BCUT2D eigenvalue weighted by Gasteiger charge is 2.21. The molecular formula is C17H12O7. The molecule has 0 unspecified atom stereocenters. The fourth-order valence-electron chi connectivity index (χ4n) is 1.93. The molecule has 0 aromatic heterocycles. The van der Waals surface area contributed by atoms with Crippen LogP contribution in [-0.4, -0.2) is 34.1 Å². The van der Waals surface area contributed by atoms with Crippen molar-refractivity contribution in [1.29, 1.82) is 0 Å². The molecule has 122 valence electrons. The van der Waals surface area contributed by atoms with Gasteiger partial charge in [0.15, 0.2) is 0 Å². The minimum Gasteiger partial charge on any atom is -0.478 e. The van der Waals surface area contributed by atoms with Crippen LogP contribution in [0.3, 0.4) is 0 Å². The number of rotatable bonds is 4. The van der Waals surface area contributed by atoms with E-state index in [-0.39, 0.29) is 11.1 Å². The second kappa shape index (κ2) is 6.74. The molecule has 2 aromatic carbocycles. The van der Waals surface area contributed by atoms with E-state index >= 15 is 0 Å². The number of hydrogen-bond donors (Lipinski definition) is 2. The highest BCUT2D eigenvalue weighted by Crippen LogP contribution is 2.15. The minimum atomic E-state index is -1.51. The van der Waals surface area contributed by atoms with Gasteiger partial charge in [0.2, 0.25) is 0 Å². The summed E-state index contributed by atoms with van der Waals surface area (Å²) in [6, 6.07) is 9.23. The molecule has 7 nitrogen and oxygen atoms in total. The number of carboxylic acids is 2. The Morgan fingerprint density at radius 3 is 1.79 bits per heavy atom. The zero-order chi connectivity index (χ0) is 17.9. The van der Waals surface area contributed by atoms with E-state index < -0.39 is 35.0 Å². The zero-order valence-electron chi connectivity index (χ0n) is 12.5. The molecule has 0 radical (unpaired) electrons. The maximum atomic E-state index is 12.0. The van der Waals surface area contributed by atoms with Gasteiger partial charge in [0.1, 0.15) is 0 Å². The van der Waals surface area contributed by atoms with Gasteiger partial charge in [-0.2, -0.15) is 0 Å². The standard InChI is InChI=1S/C17H12O7/c1-9-2-4-10(5-3-9)16(22)24-17(23)11-6-7-12(14(18)19)13(8-11)15(20)21/h2-8H,1H3,(H,18,19)(H,20,21). The molecular weight excluding hydrogens is 316 g/mol. The lowest BCUT2D eigenvalue weighted by molar-refractivity contribution is 0.0396. The molecule has 2 N–H and O–H groups in total. The normalized spacial score (nSPS) is 10.0. The number of carbonyl (C=O) groups excluding carboxylic acids is 2. The van der Waals surface area contributed by atoms with Crippen LogP contribution in [0, 0.1) is 6.92 Å². The average molecular weight is 328 g/mol. The summed E-state index contributed by atoms with van der Waals surface area (Å²) in [4.78, 5) is 45.9. The first kappa shape index (κ1) is 16.9. The smallest absolute Gasteiger partial charge is 0.346 e. The molecule has 0 spiro atoms. The Kier molecular flexibility index (Phi) is 4.74. The van der Waals surface area contributed by atoms with Gasteiger partial charge in [-0.25, -0.2) is 19.2 Å². The summed E-state index contributed by atoms with van der Waals surface area (Å²) < 4.78 is 4.68. The number of esters is 2. The van der Waals surface area contributed by atoms with Crippen LogP contribution in [0.15, 0.2) is 42.5 Å². The van der Waals surface area contributed by atoms with Gasteiger partial charge >= 0.3 is 23.9 Å². The van der Waals surface area contributed by atoms with Gasteiger partial charge in [-0.15, -0.1) is 0 Å². The van der Waals surface area contributed by atoms with Crippen molar-refractivity contribution >= 4 is 23.9 Å². The lowest BCUT2D eigenvalue weighted by Gasteiger charge is -2.06. The molecule has 2 rings (SSSR count). The molecule has 0 fully saturated rings. The second-order valence-electron chi connectivity index (χ2n) is 4.91. The highest BCUT2D eigenvalue weighted by molar-refractivity contribution is 6.06. The largest absolute Gasteiger partial charge is 0.478 e. The second-order valence-corrected chi connectivity index (χ2v) is 4.91. The number of ether oxygens (including phenoxy) is 1. The third kappa shape index (κ3) is 3.64. The van der Waals surface area contributed by atoms with E-state index in [1.807, 2.05) is 6.92 Å². The van der Waals surface area contributed by atoms with Crippen LogP contribution >= 0.6 is 0 Å². The molecule has 7 heteroatoms. The number of aryl methyl sites for hydroxylation is 1. The van der Waals surface area contributed by atoms with Crippen molar-refractivity contribution in [2.75, 3.05) is 0 Å². The van der Waals surface area contributed by atoms with Crippen molar-refractivity contribution in [3.8, 4) is 0 Å². The zero-order valence-corrected chi connectivity index (χ0v) is 12.5. The van der Waals surface area contributed by atoms with Gasteiger partial charge < -0.3 is 14.9 Å².